The van der Waals surface area contributed by atoms with Crippen LogP contribution in [0.4, 0.5) is 0 Å². The predicted octanol–water partition coefficient (Wildman–Crippen LogP) is 3.52. The number of hydrogen-bond acceptors (Lipinski definition) is 2. The summed E-state index contributed by atoms with van der Waals surface area (Å²) < 4.78 is 5.82. The highest BCUT2D eigenvalue weighted by atomic mass is 16.3. The van der Waals surface area contributed by atoms with Crippen LogP contribution in [-0.4, -0.2) is 5.78 Å². The van der Waals surface area contributed by atoms with Crippen LogP contribution in [-0.2, 0) is 4.79 Å². The van der Waals surface area contributed by atoms with Crippen LogP contribution < -0.4 is 0 Å². The fraction of sp³-hybridized carbons (Fsp3) is 0.357. The van der Waals surface area contributed by atoms with Gasteiger partial charge in [-0.1, -0.05) is 25.1 Å². The molecule has 1 aliphatic rings. The van der Waals surface area contributed by atoms with E-state index in [1.165, 1.54) is 0 Å². The Bertz CT molecular complexity index is 505. The smallest absolute Gasteiger partial charge is 0.136 e. The van der Waals surface area contributed by atoms with Gasteiger partial charge in [-0.25, -0.2) is 0 Å². The summed E-state index contributed by atoms with van der Waals surface area (Å²) in [6.45, 7) is 2.01. The van der Waals surface area contributed by atoms with Crippen molar-refractivity contribution in [2.75, 3.05) is 0 Å². The van der Waals surface area contributed by atoms with E-state index in [0.717, 1.165) is 23.2 Å². The third kappa shape index (κ3) is 1.37. The first-order valence-electron chi connectivity index (χ1n) is 5.77. The second-order valence-electron chi connectivity index (χ2n) is 4.59. The molecule has 1 aromatic carbocycles. The second kappa shape index (κ2) is 3.48. The van der Waals surface area contributed by atoms with Crippen molar-refractivity contribution in [1.29, 1.82) is 0 Å². The minimum absolute atomic E-state index is 0.112. The van der Waals surface area contributed by atoms with Gasteiger partial charge in [-0.3, -0.25) is 4.79 Å². The standard InChI is InChI=1S/C14H14O2/c1-9-11(6-7-12(9)15)14-8-10-4-2-3-5-13(10)16-14/h2-5,8-9,11H,6-7H2,1H3. The molecule has 1 aliphatic carbocycles. The van der Waals surface area contributed by atoms with Gasteiger partial charge >= 0.3 is 0 Å². The summed E-state index contributed by atoms with van der Waals surface area (Å²) in [5.41, 5.74) is 0.920. The van der Waals surface area contributed by atoms with E-state index in [1.54, 1.807) is 0 Å². The number of fused-ring (bicyclic) bond motifs is 1. The lowest BCUT2D eigenvalue weighted by Gasteiger charge is -2.09. The maximum absolute atomic E-state index is 11.5. The van der Waals surface area contributed by atoms with E-state index in [2.05, 4.69) is 6.07 Å². The van der Waals surface area contributed by atoms with Crippen LogP contribution in [0.25, 0.3) is 11.0 Å². The van der Waals surface area contributed by atoms with Gasteiger partial charge in [0.05, 0.1) is 0 Å². The van der Waals surface area contributed by atoms with Gasteiger partial charge in [0.1, 0.15) is 17.1 Å². The molecule has 2 heteroatoms. The molecule has 1 fully saturated rings. The van der Waals surface area contributed by atoms with Gasteiger partial charge in [-0.2, -0.15) is 0 Å². The average Bonchev–Trinajstić information content (AvgIpc) is 2.84. The van der Waals surface area contributed by atoms with Crippen LogP contribution in [0.5, 0.6) is 0 Å². The Morgan fingerprint density at radius 1 is 1.31 bits per heavy atom. The van der Waals surface area contributed by atoms with E-state index in [1.807, 2.05) is 31.2 Å². The number of hydrogen-bond donors (Lipinski definition) is 0. The first kappa shape index (κ1) is 9.64. The molecule has 0 bridgehead atoms. The SMILES string of the molecule is CC1C(=O)CCC1c1cc2ccccc2o1. The van der Waals surface area contributed by atoms with Gasteiger partial charge in [0.15, 0.2) is 0 Å². The Balaban J connectivity index is 2.03. The molecule has 3 rings (SSSR count). The van der Waals surface area contributed by atoms with Crippen molar-refractivity contribution < 1.29 is 9.21 Å². The molecule has 0 amide bonds. The molecular weight excluding hydrogens is 200 g/mol. The van der Waals surface area contributed by atoms with Crippen molar-refractivity contribution in [3.8, 4) is 0 Å². The average molecular weight is 214 g/mol. The first-order chi connectivity index (χ1) is 7.75. The molecule has 0 saturated heterocycles. The number of furan rings is 1. The molecule has 1 saturated carbocycles. The van der Waals surface area contributed by atoms with Gasteiger partial charge in [-0.15, -0.1) is 0 Å². The number of Topliss-reactive ketones (excluding diaryl/α,β-unsaturated/α-hetero) is 1. The lowest BCUT2D eigenvalue weighted by atomic mass is 9.95. The molecule has 0 spiro atoms. The van der Waals surface area contributed by atoms with Crippen molar-refractivity contribution in [2.24, 2.45) is 5.92 Å². The van der Waals surface area contributed by atoms with E-state index >= 15 is 0 Å². The van der Waals surface area contributed by atoms with Crippen molar-refractivity contribution in [1.82, 2.24) is 0 Å². The van der Waals surface area contributed by atoms with E-state index in [0.29, 0.717) is 12.2 Å². The Morgan fingerprint density at radius 3 is 2.81 bits per heavy atom. The molecule has 16 heavy (non-hydrogen) atoms. The summed E-state index contributed by atoms with van der Waals surface area (Å²) in [6, 6.07) is 10.1. The minimum atomic E-state index is 0.112. The lowest BCUT2D eigenvalue weighted by Crippen LogP contribution is -2.07. The van der Waals surface area contributed by atoms with Crippen LogP contribution in [0.2, 0.25) is 0 Å². The third-order valence-electron chi connectivity index (χ3n) is 3.62. The van der Waals surface area contributed by atoms with Crippen LogP contribution in [0.1, 0.15) is 31.4 Å². The maximum atomic E-state index is 11.5. The number of carbonyl (C=O) groups is 1. The van der Waals surface area contributed by atoms with Crippen LogP contribution in [0.15, 0.2) is 34.7 Å². The first-order valence-corrected chi connectivity index (χ1v) is 5.77. The maximum Gasteiger partial charge on any atom is 0.136 e. The van der Waals surface area contributed by atoms with Crippen molar-refractivity contribution in [2.45, 2.75) is 25.7 Å². The number of ketones is 1. The third-order valence-corrected chi connectivity index (χ3v) is 3.62. The van der Waals surface area contributed by atoms with Crippen molar-refractivity contribution in [3.05, 3.63) is 36.1 Å². The molecular formula is C14H14O2. The molecule has 2 atom stereocenters. The Kier molecular flexibility index (Phi) is 2.10. The largest absolute Gasteiger partial charge is 0.461 e. The van der Waals surface area contributed by atoms with Crippen LogP contribution in [0.3, 0.4) is 0 Å². The molecule has 0 aliphatic heterocycles. The monoisotopic (exact) mass is 214 g/mol. The highest BCUT2D eigenvalue weighted by Gasteiger charge is 2.34. The number of carbonyl (C=O) groups excluding carboxylic acids is 1. The minimum Gasteiger partial charge on any atom is -0.461 e. The van der Waals surface area contributed by atoms with Gasteiger partial charge in [0.25, 0.3) is 0 Å². The van der Waals surface area contributed by atoms with Crippen LogP contribution in [0, 0.1) is 5.92 Å². The summed E-state index contributed by atoms with van der Waals surface area (Å²) in [5.74, 6) is 1.73. The Morgan fingerprint density at radius 2 is 2.12 bits per heavy atom. The molecule has 0 N–H and O–H groups in total. The van der Waals surface area contributed by atoms with Gasteiger partial charge in [0.2, 0.25) is 0 Å². The van der Waals surface area contributed by atoms with E-state index in [9.17, 15) is 4.79 Å². The Labute approximate surface area is 94.3 Å². The van der Waals surface area contributed by atoms with E-state index < -0.39 is 0 Å². The normalized spacial score (nSPS) is 25.4. The fourth-order valence-electron chi connectivity index (χ4n) is 2.57. The van der Waals surface area contributed by atoms with Crippen molar-refractivity contribution >= 4 is 16.8 Å². The number of rotatable bonds is 1. The number of para-hydroxylation sites is 1. The zero-order valence-corrected chi connectivity index (χ0v) is 9.27. The topological polar surface area (TPSA) is 30.2 Å². The van der Waals surface area contributed by atoms with E-state index in [-0.39, 0.29) is 11.8 Å². The molecule has 0 radical (unpaired) electrons. The van der Waals surface area contributed by atoms with Gasteiger partial charge < -0.3 is 4.42 Å². The van der Waals surface area contributed by atoms with E-state index in [4.69, 9.17) is 4.42 Å². The Hall–Kier alpha value is -1.57. The molecule has 82 valence electrons. The molecule has 2 unspecified atom stereocenters. The van der Waals surface area contributed by atoms with Crippen LogP contribution >= 0.6 is 0 Å². The van der Waals surface area contributed by atoms with Crippen molar-refractivity contribution in [3.63, 3.8) is 0 Å². The molecule has 1 heterocycles. The van der Waals surface area contributed by atoms with Gasteiger partial charge in [0, 0.05) is 23.6 Å². The summed E-state index contributed by atoms with van der Waals surface area (Å²) in [6.07, 6.45) is 1.63. The predicted molar refractivity (Wildman–Crippen MR) is 62.4 cm³/mol. The van der Waals surface area contributed by atoms with Gasteiger partial charge in [-0.05, 0) is 18.6 Å². The molecule has 1 aromatic heterocycles. The molecule has 2 nitrogen and oxygen atoms in total. The summed E-state index contributed by atoms with van der Waals surface area (Å²) in [7, 11) is 0. The summed E-state index contributed by atoms with van der Waals surface area (Å²) >= 11 is 0. The zero-order valence-electron chi connectivity index (χ0n) is 9.27. The quantitative estimate of drug-likeness (QED) is 0.727. The fourth-order valence-corrected chi connectivity index (χ4v) is 2.57. The zero-order chi connectivity index (χ0) is 11.1. The lowest BCUT2D eigenvalue weighted by molar-refractivity contribution is -0.120. The second-order valence-corrected chi connectivity index (χ2v) is 4.59. The number of benzene rings is 1. The highest BCUT2D eigenvalue weighted by Crippen LogP contribution is 2.39. The highest BCUT2D eigenvalue weighted by molar-refractivity contribution is 5.84. The summed E-state index contributed by atoms with van der Waals surface area (Å²) in [5, 5.41) is 1.13. The summed E-state index contributed by atoms with van der Waals surface area (Å²) in [4.78, 5) is 11.5. The molecule has 2 aromatic rings.